The van der Waals surface area contributed by atoms with Crippen molar-refractivity contribution >= 4 is 11.9 Å². The minimum atomic E-state index is -1.06. The molecule has 2 fully saturated rings. The minimum Gasteiger partial charge on any atom is -0.480 e. The summed E-state index contributed by atoms with van der Waals surface area (Å²) < 4.78 is 0. The third kappa shape index (κ3) is 2.61. The van der Waals surface area contributed by atoms with Crippen LogP contribution in [0.1, 0.15) is 51.9 Å². The van der Waals surface area contributed by atoms with Crippen molar-refractivity contribution < 1.29 is 14.7 Å². The van der Waals surface area contributed by atoms with Crippen LogP contribution in [-0.2, 0) is 9.59 Å². The van der Waals surface area contributed by atoms with Gasteiger partial charge in [-0.05, 0) is 44.4 Å². The normalized spacial score (nSPS) is 32.6. The van der Waals surface area contributed by atoms with Crippen molar-refractivity contribution in [2.24, 2.45) is 17.1 Å². The van der Waals surface area contributed by atoms with E-state index in [2.05, 4.69) is 12.2 Å². The Bertz CT molecular complexity index is 369. The molecule has 0 spiro atoms. The Morgan fingerprint density at radius 1 is 1.26 bits per heavy atom. The molecule has 0 atom stereocenters. The summed E-state index contributed by atoms with van der Waals surface area (Å²) in [5.41, 5.74) is 4.09. The molecule has 2 aliphatic rings. The van der Waals surface area contributed by atoms with Crippen LogP contribution in [0.15, 0.2) is 0 Å². The highest BCUT2D eigenvalue weighted by atomic mass is 16.4. The highest BCUT2D eigenvalue weighted by Gasteiger charge is 2.52. The molecule has 2 saturated carbocycles. The summed E-state index contributed by atoms with van der Waals surface area (Å²) in [6, 6.07) is 0. The summed E-state index contributed by atoms with van der Waals surface area (Å²) in [6.07, 6.45) is 5.46. The van der Waals surface area contributed by atoms with Gasteiger partial charge in [-0.3, -0.25) is 4.79 Å². The Morgan fingerprint density at radius 3 is 2.21 bits per heavy atom. The van der Waals surface area contributed by atoms with Crippen LogP contribution < -0.4 is 11.1 Å². The van der Waals surface area contributed by atoms with E-state index in [0.29, 0.717) is 25.3 Å². The van der Waals surface area contributed by atoms with Crippen molar-refractivity contribution in [3.63, 3.8) is 0 Å². The lowest BCUT2D eigenvalue weighted by atomic mass is 9.75. The van der Waals surface area contributed by atoms with Gasteiger partial charge >= 0.3 is 5.97 Å². The second-order valence-corrected chi connectivity index (χ2v) is 6.18. The quantitative estimate of drug-likeness (QED) is 0.700. The molecule has 1 amide bonds. The van der Waals surface area contributed by atoms with Crippen molar-refractivity contribution in [3.8, 4) is 0 Å². The van der Waals surface area contributed by atoms with Gasteiger partial charge < -0.3 is 16.2 Å². The molecule has 0 saturated heterocycles. The number of hydrogen-bond donors (Lipinski definition) is 3. The summed E-state index contributed by atoms with van der Waals surface area (Å²) in [6.45, 7) is 2.44. The Morgan fingerprint density at radius 2 is 1.84 bits per heavy atom. The minimum absolute atomic E-state index is 0.160. The number of carboxylic acid groups (broad SMARTS) is 1. The maximum atomic E-state index is 12.2. The number of carboxylic acids is 1. The standard InChI is InChI=1S/C14H24N2O3/c1-2-10-3-5-14(6-4-10,12(18)19)16-11(17)13(9-15)7-8-13/h10H,2-9,15H2,1H3,(H,16,17)(H,18,19). The van der Waals surface area contributed by atoms with Crippen LogP contribution >= 0.6 is 0 Å². The van der Waals surface area contributed by atoms with E-state index in [4.69, 9.17) is 5.73 Å². The molecular formula is C14H24N2O3. The summed E-state index contributed by atoms with van der Waals surface area (Å²) in [5, 5.41) is 12.3. The monoisotopic (exact) mass is 268 g/mol. The van der Waals surface area contributed by atoms with Gasteiger partial charge in [-0.15, -0.1) is 0 Å². The van der Waals surface area contributed by atoms with Crippen molar-refractivity contribution in [1.82, 2.24) is 5.32 Å². The number of hydrogen-bond acceptors (Lipinski definition) is 3. The zero-order valence-corrected chi connectivity index (χ0v) is 11.6. The van der Waals surface area contributed by atoms with Crippen molar-refractivity contribution in [2.45, 2.75) is 57.4 Å². The van der Waals surface area contributed by atoms with E-state index < -0.39 is 16.9 Å². The average Bonchev–Trinajstić information content (AvgIpc) is 3.20. The molecule has 0 heterocycles. The summed E-state index contributed by atoms with van der Waals surface area (Å²) in [4.78, 5) is 23.8. The largest absolute Gasteiger partial charge is 0.480 e. The summed E-state index contributed by atoms with van der Waals surface area (Å²) >= 11 is 0. The molecule has 5 heteroatoms. The van der Waals surface area contributed by atoms with E-state index in [0.717, 1.165) is 32.1 Å². The maximum Gasteiger partial charge on any atom is 0.329 e. The van der Waals surface area contributed by atoms with E-state index in [-0.39, 0.29) is 5.91 Å². The van der Waals surface area contributed by atoms with Gasteiger partial charge in [0, 0.05) is 6.54 Å². The average molecular weight is 268 g/mol. The zero-order chi connectivity index (χ0) is 14.1. The number of carbonyl (C=O) groups excluding carboxylic acids is 1. The zero-order valence-electron chi connectivity index (χ0n) is 11.6. The van der Waals surface area contributed by atoms with Crippen LogP contribution in [0.3, 0.4) is 0 Å². The van der Waals surface area contributed by atoms with Gasteiger partial charge in [0.25, 0.3) is 0 Å². The molecule has 4 N–H and O–H groups in total. The molecule has 0 aromatic carbocycles. The van der Waals surface area contributed by atoms with Gasteiger partial charge in [0.05, 0.1) is 5.41 Å². The second-order valence-electron chi connectivity index (χ2n) is 6.18. The van der Waals surface area contributed by atoms with Crippen LogP contribution in [0.25, 0.3) is 0 Å². The molecule has 2 aliphatic carbocycles. The van der Waals surface area contributed by atoms with Crippen molar-refractivity contribution in [2.75, 3.05) is 6.54 Å². The molecule has 5 nitrogen and oxygen atoms in total. The van der Waals surface area contributed by atoms with Gasteiger partial charge in [0.1, 0.15) is 5.54 Å². The topological polar surface area (TPSA) is 92.4 Å². The first-order valence-corrected chi connectivity index (χ1v) is 7.24. The molecule has 0 bridgehead atoms. The third-order valence-electron chi connectivity index (χ3n) is 5.02. The van der Waals surface area contributed by atoms with E-state index in [1.54, 1.807) is 0 Å². The number of rotatable bonds is 5. The third-order valence-corrected chi connectivity index (χ3v) is 5.02. The van der Waals surface area contributed by atoms with Crippen molar-refractivity contribution in [1.29, 1.82) is 0 Å². The smallest absolute Gasteiger partial charge is 0.329 e. The van der Waals surface area contributed by atoms with Gasteiger partial charge in [-0.1, -0.05) is 13.3 Å². The fourth-order valence-corrected chi connectivity index (χ4v) is 3.00. The van der Waals surface area contributed by atoms with E-state index >= 15 is 0 Å². The van der Waals surface area contributed by atoms with E-state index in [1.165, 1.54) is 0 Å². The first kappa shape index (κ1) is 14.3. The molecule has 0 aromatic heterocycles. The number of aliphatic carboxylic acids is 1. The number of carbonyl (C=O) groups is 2. The number of nitrogens with two attached hydrogens (primary N) is 1. The molecule has 2 rings (SSSR count). The molecule has 19 heavy (non-hydrogen) atoms. The molecule has 0 radical (unpaired) electrons. The Balaban J connectivity index is 2.05. The molecule has 108 valence electrons. The highest BCUT2D eigenvalue weighted by molar-refractivity contribution is 5.91. The lowest BCUT2D eigenvalue weighted by Crippen LogP contribution is -2.58. The fraction of sp³-hybridized carbons (Fsp3) is 0.857. The lowest BCUT2D eigenvalue weighted by molar-refractivity contribution is -0.150. The predicted octanol–water partition coefficient (Wildman–Crippen LogP) is 1.27. The number of amides is 1. The van der Waals surface area contributed by atoms with Gasteiger partial charge in [0.15, 0.2) is 0 Å². The number of nitrogens with one attached hydrogen (secondary N) is 1. The molecule has 0 aliphatic heterocycles. The maximum absolute atomic E-state index is 12.2. The Hall–Kier alpha value is -1.10. The second kappa shape index (κ2) is 5.12. The lowest BCUT2D eigenvalue weighted by Gasteiger charge is -2.38. The van der Waals surface area contributed by atoms with Crippen LogP contribution in [0.5, 0.6) is 0 Å². The highest BCUT2D eigenvalue weighted by Crippen LogP contribution is 2.45. The first-order chi connectivity index (χ1) is 8.98. The van der Waals surface area contributed by atoms with Crippen LogP contribution in [0.4, 0.5) is 0 Å². The van der Waals surface area contributed by atoms with Crippen LogP contribution in [-0.4, -0.2) is 29.1 Å². The Kier molecular flexibility index (Phi) is 3.85. The fourth-order valence-electron chi connectivity index (χ4n) is 3.00. The van der Waals surface area contributed by atoms with Gasteiger partial charge in [-0.25, -0.2) is 4.79 Å². The first-order valence-electron chi connectivity index (χ1n) is 7.24. The summed E-state index contributed by atoms with van der Waals surface area (Å²) in [5.74, 6) is -0.468. The van der Waals surface area contributed by atoms with Gasteiger partial charge in [-0.2, -0.15) is 0 Å². The van der Waals surface area contributed by atoms with Crippen molar-refractivity contribution in [3.05, 3.63) is 0 Å². The van der Waals surface area contributed by atoms with Crippen LogP contribution in [0, 0.1) is 11.3 Å². The molecule has 0 aromatic rings. The van der Waals surface area contributed by atoms with E-state index in [1.807, 2.05) is 0 Å². The Labute approximate surface area is 113 Å². The van der Waals surface area contributed by atoms with Gasteiger partial charge in [0.2, 0.25) is 5.91 Å². The van der Waals surface area contributed by atoms with E-state index in [9.17, 15) is 14.7 Å². The SMILES string of the molecule is CCC1CCC(NC(=O)C2(CN)CC2)(C(=O)O)CC1. The molecule has 0 unspecified atom stereocenters. The van der Waals surface area contributed by atoms with Crippen LogP contribution in [0.2, 0.25) is 0 Å². The molecular weight excluding hydrogens is 244 g/mol. The summed E-state index contributed by atoms with van der Waals surface area (Å²) in [7, 11) is 0. The predicted molar refractivity (Wildman–Crippen MR) is 71.5 cm³/mol.